The fourth-order valence-corrected chi connectivity index (χ4v) is 4.42. The van der Waals surface area contributed by atoms with Crippen molar-refractivity contribution < 1.29 is 13.5 Å². The number of hydrogen-bond donors (Lipinski definition) is 1. The van der Waals surface area contributed by atoms with Crippen molar-refractivity contribution in [1.82, 2.24) is 9.29 Å². The number of nitrogens with zero attached hydrogens (tertiary/aromatic N) is 2. The molecular weight excluding hydrogens is 364 g/mol. The quantitative estimate of drug-likeness (QED) is 0.868. The minimum atomic E-state index is -3.60. The van der Waals surface area contributed by atoms with E-state index in [-0.39, 0.29) is 18.0 Å². The molecule has 0 aliphatic carbocycles. The van der Waals surface area contributed by atoms with Crippen molar-refractivity contribution in [3.8, 4) is 0 Å². The van der Waals surface area contributed by atoms with Crippen molar-refractivity contribution >= 4 is 37.3 Å². The van der Waals surface area contributed by atoms with Crippen LogP contribution in [0, 0.1) is 0 Å². The zero-order chi connectivity index (χ0) is 14.8. The highest BCUT2D eigenvalue weighted by Gasteiger charge is 2.24. The van der Waals surface area contributed by atoms with Gasteiger partial charge in [0.25, 0.3) is 0 Å². The van der Waals surface area contributed by atoms with Crippen LogP contribution in [0.3, 0.4) is 0 Å². The predicted molar refractivity (Wildman–Crippen MR) is 80.8 cm³/mol. The molecule has 0 bridgehead atoms. The molecule has 5 nitrogen and oxygen atoms in total. The number of thiazole rings is 1. The Morgan fingerprint density at radius 1 is 1.45 bits per heavy atom. The standard InChI is InChI=1S/C12H13BrN2O3S2/c1-15(5-10-7-19-8-14-10)20(17,18)12-3-2-9(6-16)4-11(12)13/h2-4,7-8,16H,5-6H2,1H3. The first-order chi connectivity index (χ1) is 9.45. The Bertz CT molecular complexity index is 687. The van der Waals surface area contributed by atoms with E-state index in [1.807, 2.05) is 5.38 Å². The molecule has 0 unspecified atom stereocenters. The number of aliphatic hydroxyl groups excluding tert-OH is 1. The third-order valence-corrected chi connectivity index (χ3v) is 6.15. The zero-order valence-corrected chi connectivity index (χ0v) is 13.9. The number of rotatable bonds is 5. The van der Waals surface area contributed by atoms with Gasteiger partial charge in [0.15, 0.2) is 0 Å². The molecule has 0 aliphatic heterocycles. The molecule has 0 atom stereocenters. The average molecular weight is 377 g/mol. The maximum atomic E-state index is 12.5. The fraction of sp³-hybridized carbons (Fsp3) is 0.250. The van der Waals surface area contributed by atoms with E-state index in [0.717, 1.165) is 0 Å². The van der Waals surface area contributed by atoms with Crippen LogP contribution in [0.4, 0.5) is 0 Å². The SMILES string of the molecule is CN(Cc1cscn1)S(=O)(=O)c1ccc(CO)cc1Br. The van der Waals surface area contributed by atoms with E-state index >= 15 is 0 Å². The zero-order valence-electron chi connectivity index (χ0n) is 10.7. The molecule has 0 fully saturated rings. The second-order valence-corrected chi connectivity index (χ2v) is 7.75. The Morgan fingerprint density at radius 2 is 2.20 bits per heavy atom. The largest absolute Gasteiger partial charge is 0.392 e. The van der Waals surface area contributed by atoms with E-state index < -0.39 is 10.0 Å². The van der Waals surface area contributed by atoms with Gasteiger partial charge in [0.2, 0.25) is 10.0 Å². The number of benzene rings is 1. The van der Waals surface area contributed by atoms with Crippen LogP contribution in [0.15, 0.2) is 38.5 Å². The van der Waals surface area contributed by atoms with E-state index in [1.54, 1.807) is 17.6 Å². The van der Waals surface area contributed by atoms with E-state index in [9.17, 15) is 8.42 Å². The Kier molecular flexibility index (Phi) is 4.92. The van der Waals surface area contributed by atoms with Crippen LogP contribution in [0.2, 0.25) is 0 Å². The number of aromatic nitrogens is 1. The lowest BCUT2D eigenvalue weighted by Crippen LogP contribution is -2.27. The summed E-state index contributed by atoms with van der Waals surface area (Å²) >= 11 is 4.67. The molecule has 8 heteroatoms. The van der Waals surface area contributed by atoms with Gasteiger partial charge >= 0.3 is 0 Å². The number of halogens is 1. The van der Waals surface area contributed by atoms with E-state index in [2.05, 4.69) is 20.9 Å². The third kappa shape index (κ3) is 3.26. The highest BCUT2D eigenvalue weighted by atomic mass is 79.9. The van der Waals surface area contributed by atoms with Crippen LogP contribution < -0.4 is 0 Å². The summed E-state index contributed by atoms with van der Waals surface area (Å²) in [6.07, 6.45) is 0. The van der Waals surface area contributed by atoms with Crippen LogP contribution in [-0.2, 0) is 23.2 Å². The van der Waals surface area contributed by atoms with Crippen LogP contribution in [0.25, 0.3) is 0 Å². The number of sulfonamides is 1. The number of aliphatic hydroxyl groups is 1. The molecule has 0 spiro atoms. The van der Waals surface area contributed by atoms with Crippen molar-refractivity contribution in [2.24, 2.45) is 0 Å². The molecule has 1 heterocycles. The average Bonchev–Trinajstić information content (AvgIpc) is 2.91. The van der Waals surface area contributed by atoms with Gasteiger partial charge in [0.1, 0.15) is 0 Å². The van der Waals surface area contributed by atoms with Gasteiger partial charge in [0, 0.05) is 16.9 Å². The summed E-state index contributed by atoms with van der Waals surface area (Å²) in [7, 11) is -2.09. The van der Waals surface area contributed by atoms with Crippen molar-refractivity contribution in [3.63, 3.8) is 0 Å². The predicted octanol–water partition coefficient (Wildman–Crippen LogP) is 2.22. The van der Waals surface area contributed by atoms with Gasteiger partial charge in [-0.1, -0.05) is 6.07 Å². The Labute approximate surface area is 130 Å². The molecule has 108 valence electrons. The van der Waals surface area contributed by atoms with Gasteiger partial charge in [-0.05, 0) is 33.6 Å². The summed E-state index contributed by atoms with van der Waals surface area (Å²) in [5.74, 6) is 0. The van der Waals surface area contributed by atoms with E-state index in [1.165, 1.54) is 28.8 Å². The summed E-state index contributed by atoms with van der Waals surface area (Å²) in [4.78, 5) is 4.25. The molecule has 0 saturated heterocycles. The smallest absolute Gasteiger partial charge is 0.244 e. The lowest BCUT2D eigenvalue weighted by Gasteiger charge is -2.17. The van der Waals surface area contributed by atoms with E-state index in [0.29, 0.717) is 15.7 Å². The summed E-state index contributed by atoms with van der Waals surface area (Å²) in [5, 5.41) is 10.9. The van der Waals surface area contributed by atoms with Crippen LogP contribution >= 0.6 is 27.3 Å². The topological polar surface area (TPSA) is 70.5 Å². The molecule has 1 aromatic heterocycles. The van der Waals surface area contributed by atoms with Gasteiger partial charge in [-0.2, -0.15) is 4.31 Å². The molecule has 0 aliphatic rings. The van der Waals surface area contributed by atoms with Gasteiger partial charge < -0.3 is 5.11 Å². The van der Waals surface area contributed by atoms with Crippen LogP contribution in [-0.4, -0.2) is 29.9 Å². The van der Waals surface area contributed by atoms with Crippen molar-refractivity contribution in [2.75, 3.05) is 7.05 Å². The van der Waals surface area contributed by atoms with Crippen molar-refractivity contribution in [3.05, 3.63) is 44.8 Å². The Balaban J connectivity index is 2.30. The summed E-state index contributed by atoms with van der Waals surface area (Å²) in [6.45, 7) is 0.0909. The van der Waals surface area contributed by atoms with Crippen molar-refractivity contribution in [1.29, 1.82) is 0 Å². The minimum absolute atomic E-state index is 0.131. The monoisotopic (exact) mass is 376 g/mol. The third-order valence-electron chi connectivity index (χ3n) is 2.74. The lowest BCUT2D eigenvalue weighted by molar-refractivity contribution is 0.281. The summed E-state index contributed by atoms with van der Waals surface area (Å²) in [5.41, 5.74) is 3.03. The van der Waals surface area contributed by atoms with Gasteiger partial charge in [-0.25, -0.2) is 13.4 Å². The minimum Gasteiger partial charge on any atom is -0.392 e. The Morgan fingerprint density at radius 3 is 2.75 bits per heavy atom. The van der Waals surface area contributed by atoms with E-state index in [4.69, 9.17) is 5.11 Å². The molecule has 2 rings (SSSR count). The second kappa shape index (κ2) is 6.31. The lowest BCUT2D eigenvalue weighted by atomic mass is 10.2. The summed E-state index contributed by atoms with van der Waals surface area (Å²) in [6, 6.07) is 4.68. The first-order valence-electron chi connectivity index (χ1n) is 5.68. The summed E-state index contributed by atoms with van der Waals surface area (Å²) < 4.78 is 26.7. The first-order valence-corrected chi connectivity index (χ1v) is 8.85. The highest BCUT2D eigenvalue weighted by Crippen LogP contribution is 2.26. The Hall–Kier alpha value is -0.800. The molecule has 1 N–H and O–H groups in total. The number of hydrogen-bond acceptors (Lipinski definition) is 5. The first kappa shape index (κ1) is 15.6. The van der Waals surface area contributed by atoms with Crippen molar-refractivity contribution in [2.45, 2.75) is 18.0 Å². The maximum Gasteiger partial charge on any atom is 0.244 e. The van der Waals surface area contributed by atoms with Gasteiger partial charge in [-0.15, -0.1) is 11.3 Å². The maximum absolute atomic E-state index is 12.5. The normalized spacial score (nSPS) is 12.0. The molecule has 0 amide bonds. The molecule has 20 heavy (non-hydrogen) atoms. The van der Waals surface area contributed by atoms with Gasteiger partial charge in [-0.3, -0.25) is 0 Å². The molecular formula is C12H13BrN2O3S2. The van der Waals surface area contributed by atoms with Crippen LogP contribution in [0.1, 0.15) is 11.3 Å². The highest BCUT2D eigenvalue weighted by molar-refractivity contribution is 9.10. The second-order valence-electron chi connectivity index (χ2n) is 4.16. The van der Waals surface area contributed by atoms with Crippen LogP contribution in [0.5, 0.6) is 0 Å². The fourth-order valence-electron chi connectivity index (χ4n) is 1.65. The molecule has 0 saturated carbocycles. The molecule has 0 radical (unpaired) electrons. The van der Waals surface area contributed by atoms with Gasteiger partial charge in [0.05, 0.1) is 29.3 Å². The molecule has 1 aromatic carbocycles. The molecule has 2 aromatic rings.